The summed E-state index contributed by atoms with van der Waals surface area (Å²) in [5.41, 5.74) is 7.18. The van der Waals surface area contributed by atoms with Crippen LogP contribution in [0.3, 0.4) is 0 Å². The summed E-state index contributed by atoms with van der Waals surface area (Å²) in [4.78, 5) is 0. The fraction of sp³-hybridized carbons (Fsp3) is 0.647. The lowest BCUT2D eigenvalue weighted by Crippen LogP contribution is -2.15. The van der Waals surface area contributed by atoms with Crippen molar-refractivity contribution in [2.24, 2.45) is 22.7 Å². The average Bonchev–Trinajstić information content (AvgIpc) is 3.31. The van der Waals surface area contributed by atoms with Crippen LogP contribution in [0.5, 0.6) is 0 Å². The molecule has 0 aromatic heterocycles. The van der Waals surface area contributed by atoms with Crippen LogP contribution < -0.4 is 0 Å². The standard InChI is InChI=1S/2C13H18.2C4H10/c2*1-13(2,3)12-9-8-10-6-4-5-7-11(10)12;2*1-4(2)3/h2*4-7,12H,8-9H2,1-3H3;2*4H,1-3H3. The minimum atomic E-state index is 0.423. The van der Waals surface area contributed by atoms with Crippen LogP contribution in [0, 0.1) is 22.7 Å². The summed E-state index contributed by atoms with van der Waals surface area (Å²) in [6.07, 6.45) is 5.22. The molecular formula is C34H56. The third kappa shape index (κ3) is 10.4. The lowest BCUT2D eigenvalue weighted by atomic mass is 9.77. The Hall–Kier alpha value is -1.56. The van der Waals surface area contributed by atoms with Gasteiger partial charge in [-0.25, -0.2) is 0 Å². The van der Waals surface area contributed by atoms with Crippen LogP contribution in [0.1, 0.15) is 130 Å². The van der Waals surface area contributed by atoms with E-state index in [0.717, 1.165) is 23.7 Å². The molecule has 2 aliphatic rings. The molecule has 2 atom stereocenters. The molecule has 192 valence electrons. The number of hydrogen-bond acceptors (Lipinski definition) is 0. The van der Waals surface area contributed by atoms with Crippen molar-refractivity contribution < 1.29 is 0 Å². The molecule has 0 fully saturated rings. The molecule has 0 spiro atoms. The van der Waals surface area contributed by atoms with Crippen molar-refractivity contribution >= 4 is 0 Å². The van der Waals surface area contributed by atoms with Crippen LogP contribution in [0.2, 0.25) is 0 Å². The highest BCUT2D eigenvalue weighted by molar-refractivity contribution is 5.36. The van der Waals surface area contributed by atoms with E-state index >= 15 is 0 Å². The summed E-state index contributed by atoms with van der Waals surface area (Å²) in [5.74, 6) is 3.20. The highest BCUT2D eigenvalue weighted by atomic mass is 14.4. The molecule has 0 N–H and O–H groups in total. The zero-order valence-corrected chi connectivity index (χ0v) is 24.8. The second kappa shape index (κ2) is 13.5. The second-order valence-electron chi connectivity index (χ2n) is 13.8. The maximum Gasteiger partial charge on any atom is -0.0107 e. The third-order valence-corrected chi connectivity index (χ3v) is 6.36. The van der Waals surface area contributed by atoms with E-state index in [1.54, 1.807) is 22.3 Å². The molecule has 0 saturated heterocycles. The topological polar surface area (TPSA) is 0 Å². The van der Waals surface area contributed by atoms with E-state index < -0.39 is 0 Å². The summed E-state index contributed by atoms with van der Waals surface area (Å²) < 4.78 is 0. The van der Waals surface area contributed by atoms with Gasteiger partial charge in [0.05, 0.1) is 0 Å². The summed E-state index contributed by atoms with van der Waals surface area (Å²) in [7, 11) is 0. The second-order valence-corrected chi connectivity index (χ2v) is 13.8. The summed E-state index contributed by atoms with van der Waals surface area (Å²) in [5, 5.41) is 0. The largest absolute Gasteiger partial charge is 0.0630 e. The average molecular weight is 465 g/mol. The number of hydrogen-bond donors (Lipinski definition) is 0. The first-order valence-corrected chi connectivity index (χ1v) is 13.8. The molecule has 0 bridgehead atoms. The van der Waals surface area contributed by atoms with Gasteiger partial charge in [-0.3, -0.25) is 0 Å². The molecule has 34 heavy (non-hydrogen) atoms. The smallest absolute Gasteiger partial charge is 0.0107 e. The van der Waals surface area contributed by atoms with Crippen LogP contribution in [0.15, 0.2) is 48.5 Å². The Morgan fingerprint density at radius 1 is 0.529 bits per heavy atom. The van der Waals surface area contributed by atoms with Gasteiger partial charge in [0.2, 0.25) is 0 Å². The Morgan fingerprint density at radius 2 is 0.794 bits per heavy atom. The third-order valence-electron chi connectivity index (χ3n) is 6.36. The first kappa shape index (κ1) is 30.5. The Balaban J connectivity index is 0.000000261. The van der Waals surface area contributed by atoms with Crippen LogP contribution in [0.4, 0.5) is 0 Å². The van der Waals surface area contributed by atoms with Crippen LogP contribution in [-0.2, 0) is 12.8 Å². The fourth-order valence-corrected chi connectivity index (χ4v) is 4.91. The van der Waals surface area contributed by atoms with Crippen molar-refractivity contribution in [2.75, 3.05) is 0 Å². The molecule has 0 amide bonds. The van der Waals surface area contributed by atoms with Gasteiger partial charge in [-0.05, 0) is 82.4 Å². The Kier molecular flexibility index (Phi) is 12.1. The van der Waals surface area contributed by atoms with Crippen molar-refractivity contribution in [3.05, 3.63) is 70.8 Å². The van der Waals surface area contributed by atoms with E-state index in [9.17, 15) is 0 Å². The predicted molar refractivity (Wildman–Crippen MR) is 155 cm³/mol. The molecule has 2 unspecified atom stereocenters. The monoisotopic (exact) mass is 464 g/mol. The maximum atomic E-state index is 2.35. The van der Waals surface area contributed by atoms with Crippen molar-refractivity contribution in [3.63, 3.8) is 0 Å². The minimum absolute atomic E-state index is 0.423. The molecule has 2 aliphatic carbocycles. The van der Waals surface area contributed by atoms with Gasteiger partial charge in [0.25, 0.3) is 0 Å². The molecule has 0 heterocycles. The van der Waals surface area contributed by atoms with Crippen LogP contribution in [0.25, 0.3) is 0 Å². The van der Waals surface area contributed by atoms with Gasteiger partial charge < -0.3 is 0 Å². The zero-order chi connectivity index (χ0) is 26.1. The van der Waals surface area contributed by atoms with Crippen molar-refractivity contribution in [1.29, 1.82) is 0 Å². The van der Waals surface area contributed by atoms with Crippen molar-refractivity contribution in [1.82, 2.24) is 0 Å². The normalized spacial score (nSPS) is 18.6. The van der Waals surface area contributed by atoms with Crippen molar-refractivity contribution in [2.45, 2.75) is 121 Å². The highest BCUT2D eigenvalue weighted by Crippen LogP contribution is 2.45. The lowest BCUT2D eigenvalue weighted by Gasteiger charge is -2.27. The quantitative estimate of drug-likeness (QED) is 0.363. The summed E-state index contributed by atoms with van der Waals surface area (Å²) in [6, 6.07) is 17.8. The molecule has 0 saturated carbocycles. The van der Waals surface area contributed by atoms with Gasteiger partial charge in [-0.1, -0.05) is 132 Å². The molecule has 2 aromatic rings. The summed E-state index contributed by atoms with van der Waals surface area (Å²) >= 11 is 0. The maximum absolute atomic E-state index is 2.35. The number of fused-ring (bicyclic) bond motifs is 2. The van der Waals surface area contributed by atoms with Gasteiger partial charge in [0.1, 0.15) is 0 Å². The first-order chi connectivity index (χ1) is 15.6. The Labute approximate surface area is 214 Å². The molecular weight excluding hydrogens is 408 g/mol. The van der Waals surface area contributed by atoms with Gasteiger partial charge in [0.15, 0.2) is 0 Å². The number of benzene rings is 2. The van der Waals surface area contributed by atoms with E-state index in [1.807, 2.05) is 0 Å². The summed E-state index contributed by atoms with van der Waals surface area (Å²) in [6.45, 7) is 27.1. The fourth-order valence-electron chi connectivity index (χ4n) is 4.91. The lowest BCUT2D eigenvalue weighted by molar-refractivity contribution is 0.319. The zero-order valence-electron chi connectivity index (χ0n) is 24.8. The highest BCUT2D eigenvalue weighted by Gasteiger charge is 2.32. The van der Waals surface area contributed by atoms with E-state index in [1.165, 1.54) is 25.7 Å². The molecule has 0 aliphatic heterocycles. The van der Waals surface area contributed by atoms with Gasteiger partial charge >= 0.3 is 0 Å². The Morgan fingerprint density at radius 3 is 1.06 bits per heavy atom. The van der Waals surface area contributed by atoms with Gasteiger partial charge in [-0.2, -0.15) is 0 Å². The number of rotatable bonds is 0. The number of aryl methyl sites for hydroxylation is 2. The minimum Gasteiger partial charge on any atom is -0.0630 e. The predicted octanol–water partition coefficient (Wildman–Crippen LogP) is 10.8. The molecule has 0 radical (unpaired) electrons. The van der Waals surface area contributed by atoms with E-state index in [0.29, 0.717) is 10.8 Å². The SMILES string of the molecule is CC(C)(C)C1CCc2ccccc21.CC(C)(C)C1CCc2ccccc21.CC(C)C.CC(C)C. The van der Waals surface area contributed by atoms with Crippen molar-refractivity contribution in [3.8, 4) is 0 Å². The van der Waals surface area contributed by atoms with Gasteiger partial charge in [-0.15, -0.1) is 0 Å². The molecule has 0 heteroatoms. The van der Waals surface area contributed by atoms with E-state index in [2.05, 4.69) is 132 Å². The molecule has 0 nitrogen and oxygen atoms in total. The van der Waals surface area contributed by atoms with Gasteiger partial charge in [0, 0.05) is 0 Å². The molecule has 4 rings (SSSR count). The first-order valence-electron chi connectivity index (χ1n) is 13.8. The van der Waals surface area contributed by atoms with Crippen LogP contribution >= 0.6 is 0 Å². The van der Waals surface area contributed by atoms with Crippen LogP contribution in [-0.4, -0.2) is 0 Å². The van der Waals surface area contributed by atoms with E-state index in [4.69, 9.17) is 0 Å². The Bertz CT molecular complexity index is 749. The molecule has 2 aromatic carbocycles. The van der Waals surface area contributed by atoms with E-state index in [-0.39, 0.29) is 0 Å².